The van der Waals surface area contributed by atoms with E-state index in [0.29, 0.717) is 45.4 Å². The second kappa shape index (κ2) is 14.7. The molecule has 16 nitrogen and oxygen atoms in total. The van der Waals surface area contributed by atoms with Crippen LogP contribution in [-0.2, 0) is 0 Å². The zero-order chi connectivity index (χ0) is 38.8. The molecule has 56 heavy (non-hydrogen) atoms. The monoisotopic (exact) mass is 746 g/mol. The molecule has 0 amide bonds. The van der Waals surface area contributed by atoms with Crippen LogP contribution in [0.15, 0.2) is 146 Å². The van der Waals surface area contributed by atoms with Gasteiger partial charge in [-0.1, -0.05) is 48.5 Å². The number of tetrazole rings is 2. The van der Waals surface area contributed by atoms with E-state index in [-0.39, 0.29) is 23.0 Å². The van der Waals surface area contributed by atoms with Crippen molar-refractivity contribution in [3.63, 3.8) is 0 Å². The van der Waals surface area contributed by atoms with E-state index in [1.165, 1.54) is 24.3 Å². The van der Waals surface area contributed by atoms with Gasteiger partial charge in [-0.05, 0) is 104 Å². The summed E-state index contributed by atoms with van der Waals surface area (Å²) in [6.45, 7) is 0. The van der Waals surface area contributed by atoms with Crippen LogP contribution in [0.5, 0.6) is 11.5 Å². The first-order chi connectivity index (χ1) is 27.3. The molecular formula is C40H30N10O6+2. The maximum absolute atomic E-state index is 11.5. The van der Waals surface area contributed by atoms with Crippen molar-refractivity contribution in [2.75, 3.05) is 14.2 Å². The SMILES string of the molecule is COc1cc(-c2ccc(-[n+]3nc(-c4cccc([N+](=O)[O-])c4)nn3-c3ccccc3)c(OC)c2)ccc1-[n+]1nc(-c2cccc([N+](=O)[O-])c2)nn1-c1ccccc1. The van der Waals surface area contributed by atoms with Gasteiger partial charge in [0.1, 0.15) is 11.4 Å². The Morgan fingerprint density at radius 1 is 0.500 bits per heavy atom. The van der Waals surface area contributed by atoms with Crippen molar-refractivity contribution in [2.45, 2.75) is 0 Å². The smallest absolute Gasteiger partial charge is 0.340 e. The van der Waals surface area contributed by atoms with Gasteiger partial charge in [-0.25, -0.2) is 0 Å². The Morgan fingerprint density at radius 2 is 0.911 bits per heavy atom. The third-order valence-corrected chi connectivity index (χ3v) is 8.84. The zero-order valence-corrected chi connectivity index (χ0v) is 29.8. The molecule has 8 rings (SSSR count). The highest BCUT2D eigenvalue weighted by atomic mass is 16.6. The van der Waals surface area contributed by atoms with Crippen molar-refractivity contribution in [3.05, 3.63) is 166 Å². The summed E-state index contributed by atoms with van der Waals surface area (Å²) in [5, 5.41) is 42.1. The lowest BCUT2D eigenvalue weighted by atomic mass is 10.0. The van der Waals surface area contributed by atoms with E-state index in [1.54, 1.807) is 57.7 Å². The fourth-order valence-corrected chi connectivity index (χ4v) is 6.13. The van der Waals surface area contributed by atoms with Crippen LogP contribution in [0.1, 0.15) is 0 Å². The van der Waals surface area contributed by atoms with Gasteiger partial charge in [0, 0.05) is 33.9 Å². The van der Waals surface area contributed by atoms with Crippen LogP contribution in [0.25, 0.3) is 56.7 Å². The summed E-state index contributed by atoms with van der Waals surface area (Å²) in [5.74, 6) is 1.51. The Kier molecular flexibility index (Phi) is 9.17. The largest absolute Gasteiger partial charge is 0.492 e. The van der Waals surface area contributed by atoms with E-state index in [1.807, 2.05) is 97.1 Å². The number of non-ortho nitro benzene ring substituents is 2. The zero-order valence-electron chi connectivity index (χ0n) is 29.8. The first-order valence-corrected chi connectivity index (χ1v) is 17.1. The fourth-order valence-electron chi connectivity index (χ4n) is 6.13. The first kappa shape index (κ1) is 34.9. The van der Waals surface area contributed by atoms with Gasteiger partial charge in [0.25, 0.3) is 11.4 Å². The number of para-hydroxylation sites is 2. The molecule has 0 saturated heterocycles. The molecule has 0 N–H and O–H groups in total. The minimum absolute atomic E-state index is 0.0740. The highest BCUT2D eigenvalue weighted by Crippen LogP contribution is 2.32. The van der Waals surface area contributed by atoms with Crippen LogP contribution in [0.4, 0.5) is 11.4 Å². The van der Waals surface area contributed by atoms with Crippen LogP contribution >= 0.6 is 0 Å². The Labute approximate surface area is 317 Å². The van der Waals surface area contributed by atoms with Crippen LogP contribution in [0.2, 0.25) is 0 Å². The molecule has 6 aromatic carbocycles. The number of aromatic nitrogens is 8. The van der Waals surface area contributed by atoms with Crippen molar-refractivity contribution in [1.82, 2.24) is 30.0 Å². The van der Waals surface area contributed by atoms with Gasteiger partial charge in [-0.15, -0.1) is 0 Å². The van der Waals surface area contributed by atoms with E-state index >= 15 is 0 Å². The number of nitro groups is 2. The molecule has 274 valence electrons. The van der Waals surface area contributed by atoms with E-state index in [0.717, 1.165) is 11.1 Å². The predicted molar refractivity (Wildman–Crippen MR) is 202 cm³/mol. The summed E-state index contributed by atoms with van der Waals surface area (Å²) in [6, 6.07) is 42.4. The van der Waals surface area contributed by atoms with Crippen molar-refractivity contribution < 1.29 is 28.9 Å². The van der Waals surface area contributed by atoms with E-state index in [2.05, 4.69) is 0 Å². The van der Waals surface area contributed by atoms with Crippen molar-refractivity contribution in [3.8, 4) is 68.2 Å². The normalized spacial score (nSPS) is 11.0. The summed E-state index contributed by atoms with van der Waals surface area (Å²) < 4.78 is 11.8. The second-order valence-electron chi connectivity index (χ2n) is 12.3. The molecule has 2 aromatic heterocycles. The highest BCUT2D eigenvalue weighted by Gasteiger charge is 2.29. The Hall–Kier alpha value is -8.14. The Morgan fingerprint density at radius 3 is 1.29 bits per heavy atom. The molecule has 0 aliphatic rings. The molecule has 0 unspecified atom stereocenters. The molecule has 0 aliphatic heterocycles. The number of methoxy groups -OCH3 is 2. The molecule has 0 saturated carbocycles. The quantitative estimate of drug-likeness (QED) is 0.0838. The lowest BCUT2D eigenvalue weighted by Crippen LogP contribution is -2.43. The molecule has 8 aromatic rings. The van der Waals surface area contributed by atoms with Crippen molar-refractivity contribution in [2.24, 2.45) is 0 Å². The van der Waals surface area contributed by atoms with Crippen LogP contribution in [-0.4, -0.2) is 54.1 Å². The van der Waals surface area contributed by atoms with Crippen LogP contribution < -0.4 is 19.1 Å². The molecule has 2 heterocycles. The molecule has 0 aliphatic carbocycles. The van der Waals surface area contributed by atoms with Crippen LogP contribution in [0, 0.1) is 20.2 Å². The first-order valence-electron chi connectivity index (χ1n) is 17.1. The predicted octanol–water partition coefficient (Wildman–Crippen LogP) is 6.24. The summed E-state index contributed by atoms with van der Waals surface area (Å²) >= 11 is 0. The van der Waals surface area contributed by atoms with Gasteiger partial charge in [0.15, 0.2) is 11.5 Å². The summed E-state index contributed by atoms with van der Waals surface area (Å²) in [5.41, 5.74) is 4.94. The average molecular weight is 747 g/mol. The standard InChI is InChI=1S/C40H30N10O6/c1-55-37-25-27(19-21-35(37)47-43-39(29-11-9-17-33(23-29)49(51)52)41-45(47)31-13-5-3-6-14-31)28-20-22-36(38(26-28)56-2)48-44-40(30-12-10-18-34(24-30)50(53)54)42-46(48)32-15-7-4-8-16-32/h3-26H,1-2H3/q+2. The third-order valence-electron chi connectivity index (χ3n) is 8.84. The lowest BCUT2D eigenvalue weighted by Gasteiger charge is -2.11. The van der Waals surface area contributed by atoms with Gasteiger partial charge in [-0.3, -0.25) is 20.2 Å². The number of nitrogens with zero attached hydrogens (tertiary/aromatic N) is 10. The van der Waals surface area contributed by atoms with E-state index < -0.39 is 9.85 Å². The number of rotatable bonds is 11. The van der Waals surface area contributed by atoms with Crippen molar-refractivity contribution in [1.29, 1.82) is 0 Å². The third kappa shape index (κ3) is 6.64. The number of hydrogen-bond donors (Lipinski definition) is 0. The Balaban J connectivity index is 1.20. The number of ether oxygens (including phenoxy) is 2. The number of hydrogen-bond acceptors (Lipinski definition) is 10. The van der Waals surface area contributed by atoms with Crippen LogP contribution in [0.3, 0.4) is 0 Å². The minimum atomic E-state index is -0.459. The summed E-state index contributed by atoms with van der Waals surface area (Å²) in [7, 11) is 3.12. The minimum Gasteiger partial charge on any atom is -0.492 e. The molecule has 0 spiro atoms. The van der Waals surface area contributed by atoms with Crippen molar-refractivity contribution >= 4 is 11.4 Å². The molecular weight excluding hydrogens is 717 g/mol. The topological polar surface area (TPSA) is 174 Å². The van der Waals surface area contributed by atoms with Gasteiger partial charge in [0.2, 0.25) is 11.4 Å². The Bertz CT molecular complexity index is 2560. The fraction of sp³-hybridized carbons (Fsp3) is 0.0500. The lowest BCUT2D eigenvalue weighted by molar-refractivity contribution is -0.734. The number of benzene rings is 6. The molecule has 0 fully saturated rings. The van der Waals surface area contributed by atoms with E-state index in [9.17, 15) is 20.2 Å². The summed E-state index contributed by atoms with van der Waals surface area (Å²) in [4.78, 5) is 28.5. The van der Waals surface area contributed by atoms with Gasteiger partial charge in [0.05, 0.1) is 45.4 Å². The molecule has 16 heteroatoms. The second-order valence-corrected chi connectivity index (χ2v) is 12.3. The molecule has 0 bridgehead atoms. The van der Waals surface area contributed by atoms with Gasteiger partial charge < -0.3 is 9.47 Å². The van der Waals surface area contributed by atoms with E-state index in [4.69, 9.17) is 29.9 Å². The maximum atomic E-state index is 11.5. The van der Waals surface area contributed by atoms with Gasteiger partial charge in [-0.2, -0.15) is 0 Å². The summed E-state index contributed by atoms with van der Waals surface area (Å²) in [6.07, 6.45) is 0. The van der Waals surface area contributed by atoms with Gasteiger partial charge >= 0.3 is 11.6 Å². The molecule has 0 radical (unpaired) electrons. The highest BCUT2D eigenvalue weighted by molar-refractivity contribution is 5.70. The maximum Gasteiger partial charge on any atom is 0.340 e. The average Bonchev–Trinajstić information content (AvgIpc) is 3.90. The molecule has 0 atom stereocenters. The number of nitro benzene ring substituents is 2.